The van der Waals surface area contributed by atoms with Gasteiger partial charge in [-0.2, -0.15) is 0 Å². The van der Waals surface area contributed by atoms with E-state index in [1.54, 1.807) is 0 Å². The maximum Gasteiger partial charge on any atom is 0.0826 e. The van der Waals surface area contributed by atoms with Crippen LogP contribution in [0.5, 0.6) is 0 Å². The van der Waals surface area contributed by atoms with Crippen molar-refractivity contribution in [3.05, 3.63) is 0 Å². The molecule has 1 aliphatic heterocycles. The van der Waals surface area contributed by atoms with Crippen LogP contribution in [0.25, 0.3) is 0 Å². The van der Waals surface area contributed by atoms with Crippen LogP contribution in [0.3, 0.4) is 0 Å². The number of nitrogens with zero attached hydrogens (tertiary/aromatic N) is 1. The average Bonchev–Trinajstić information content (AvgIpc) is 2.42. The van der Waals surface area contributed by atoms with Gasteiger partial charge in [-0.3, -0.25) is 4.90 Å². The number of ether oxygens (including phenoxy) is 2. The fourth-order valence-corrected chi connectivity index (χ4v) is 2.53. The Morgan fingerprint density at radius 2 is 2.00 bits per heavy atom. The van der Waals surface area contributed by atoms with Gasteiger partial charge in [-0.15, -0.1) is 0 Å². The zero-order chi connectivity index (χ0) is 15.5. The molecule has 1 aliphatic rings. The molecule has 1 saturated heterocycles. The smallest absolute Gasteiger partial charge is 0.0826 e. The second-order valence-electron chi connectivity index (χ2n) is 6.99. The molecule has 4 heteroatoms. The Bertz CT molecular complexity index is 247. The van der Waals surface area contributed by atoms with Crippen LogP contribution in [0.2, 0.25) is 0 Å². The molecule has 0 amide bonds. The molecule has 126 valence electrons. The molecule has 0 aromatic carbocycles. The third-order valence-electron chi connectivity index (χ3n) is 3.77. The van der Waals surface area contributed by atoms with Gasteiger partial charge in [0.1, 0.15) is 0 Å². The van der Waals surface area contributed by atoms with Crippen LogP contribution in [0.1, 0.15) is 40.5 Å². The summed E-state index contributed by atoms with van der Waals surface area (Å²) in [4.78, 5) is 2.47. The summed E-state index contributed by atoms with van der Waals surface area (Å²) in [7, 11) is 0. The second kappa shape index (κ2) is 11.4. The molecule has 1 fully saturated rings. The van der Waals surface area contributed by atoms with Crippen molar-refractivity contribution in [2.24, 2.45) is 11.8 Å². The van der Waals surface area contributed by atoms with Crippen molar-refractivity contribution in [3.63, 3.8) is 0 Å². The van der Waals surface area contributed by atoms with Crippen molar-refractivity contribution in [1.82, 2.24) is 10.2 Å². The van der Waals surface area contributed by atoms with Crippen molar-refractivity contribution in [2.45, 2.75) is 46.6 Å². The summed E-state index contributed by atoms with van der Waals surface area (Å²) in [5.41, 5.74) is 0. The van der Waals surface area contributed by atoms with Gasteiger partial charge in [-0.25, -0.2) is 0 Å². The van der Waals surface area contributed by atoms with Gasteiger partial charge in [-0.1, -0.05) is 27.7 Å². The zero-order valence-corrected chi connectivity index (χ0v) is 14.6. The van der Waals surface area contributed by atoms with Crippen LogP contribution < -0.4 is 5.32 Å². The standard InChI is InChI=1S/C17H36N2O2/c1-15(2)6-5-9-20-10-7-19-8-11-21-17(14-19)13-18-12-16(3)4/h15-18H,5-14H2,1-4H3/t17-/m0/s1. The molecular formula is C17H36N2O2. The molecule has 0 bridgehead atoms. The first-order valence-corrected chi connectivity index (χ1v) is 8.70. The fraction of sp³-hybridized carbons (Fsp3) is 1.00. The lowest BCUT2D eigenvalue weighted by molar-refractivity contribution is -0.0351. The fourth-order valence-electron chi connectivity index (χ4n) is 2.53. The molecule has 1 rings (SSSR count). The molecule has 1 heterocycles. The monoisotopic (exact) mass is 300 g/mol. The van der Waals surface area contributed by atoms with E-state index in [1.165, 1.54) is 12.8 Å². The third-order valence-corrected chi connectivity index (χ3v) is 3.77. The highest BCUT2D eigenvalue weighted by Crippen LogP contribution is 2.06. The highest BCUT2D eigenvalue weighted by Gasteiger charge is 2.19. The highest BCUT2D eigenvalue weighted by molar-refractivity contribution is 4.73. The van der Waals surface area contributed by atoms with Gasteiger partial charge in [-0.05, 0) is 31.2 Å². The first-order chi connectivity index (χ1) is 10.1. The molecule has 1 N–H and O–H groups in total. The molecule has 0 radical (unpaired) electrons. The Morgan fingerprint density at radius 3 is 2.71 bits per heavy atom. The molecule has 0 saturated carbocycles. The lowest BCUT2D eigenvalue weighted by Gasteiger charge is -2.33. The SMILES string of the molecule is CC(C)CCCOCCN1CCO[C@@H](CNCC(C)C)C1. The van der Waals surface area contributed by atoms with Gasteiger partial charge in [0, 0.05) is 32.8 Å². The van der Waals surface area contributed by atoms with E-state index in [9.17, 15) is 0 Å². The normalized spacial score (nSPS) is 20.6. The molecule has 21 heavy (non-hydrogen) atoms. The highest BCUT2D eigenvalue weighted by atomic mass is 16.5. The molecule has 4 nitrogen and oxygen atoms in total. The summed E-state index contributed by atoms with van der Waals surface area (Å²) in [6.07, 6.45) is 2.78. The van der Waals surface area contributed by atoms with E-state index in [1.807, 2.05) is 0 Å². The number of rotatable bonds is 11. The van der Waals surface area contributed by atoms with Crippen LogP contribution in [0.4, 0.5) is 0 Å². The van der Waals surface area contributed by atoms with Crippen molar-refractivity contribution in [2.75, 3.05) is 52.5 Å². The Balaban J connectivity index is 2.01. The Hall–Kier alpha value is -0.160. The topological polar surface area (TPSA) is 33.7 Å². The van der Waals surface area contributed by atoms with Crippen LogP contribution in [0.15, 0.2) is 0 Å². The lowest BCUT2D eigenvalue weighted by Crippen LogP contribution is -2.47. The summed E-state index contributed by atoms with van der Waals surface area (Å²) >= 11 is 0. The van der Waals surface area contributed by atoms with Gasteiger partial charge >= 0.3 is 0 Å². The van der Waals surface area contributed by atoms with E-state index >= 15 is 0 Å². The van der Waals surface area contributed by atoms with E-state index < -0.39 is 0 Å². The number of hydrogen-bond acceptors (Lipinski definition) is 4. The number of nitrogens with one attached hydrogen (secondary N) is 1. The summed E-state index contributed by atoms with van der Waals surface area (Å²) in [6, 6.07) is 0. The van der Waals surface area contributed by atoms with Crippen LogP contribution in [0, 0.1) is 11.8 Å². The van der Waals surface area contributed by atoms with Gasteiger partial charge in [0.2, 0.25) is 0 Å². The molecule has 0 aliphatic carbocycles. The molecule has 0 aromatic heterocycles. The van der Waals surface area contributed by atoms with Gasteiger partial charge in [0.05, 0.1) is 19.3 Å². The quantitative estimate of drug-likeness (QED) is 0.594. The summed E-state index contributed by atoms with van der Waals surface area (Å²) in [5, 5.41) is 3.49. The van der Waals surface area contributed by atoms with Crippen molar-refractivity contribution in [1.29, 1.82) is 0 Å². The van der Waals surface area contributed by atoms with Crippen LogP contribution in [-0.4, -0.2) is 63.5 Å². The maximum absolute atomic E-state index is 5.82. The molecule has 0 aromatic rings. The van der Waals surface area contributed by atoms with E-state index in [-0.39, 0.29) is 0 Å². The molecular weight excluding hydrogens is 264 g/mol. The number of hydrogen-bond donors (Lipinski definition) is 1. The van der Waals surface area contributed by atoms with Crippen molar-refractivity contribution >= 4 is 0 Å². The van der Waals surface area contributed by atoms with E-state index in [4.69, 9.17) is 9.47 Å². The minimum atomic E-state index is 0.332. The molecule has 0 unspecified atom stereocenters. The largest absolute Gasteiger partial charge is 0.380 e. The Labute approximate surface area is 131 Å². The number of morpholine rings is 1. The van der Waals surface area contributed by atoms with E-state index in [0.717, 1.165) is 58.5 Å². The van der Waals surface area contributed by atoms with Crippen molar-refractivity contribution in [3.8, 4) is 0 Å². The first-order valence-electron chi connectivity index (χ1n) is 8.70. The molecule has 0 spiro atoms. The maximum atomic E-state index is 5.82. The minimum absolute atomic E-state index is 0.332. The minimum Gasteiger partial charge on any atom is -0.380 e. The summed E-state index contributed by atoms with van der Waals surface area (Å²) in [5.74, 6) is 1.48. The summed E-state index contributed by atoms with van der Waals surface area (Å²) < 4.78 is 11.6. The van der Waals surface area contributed by atoms with E-state index in [2.05, 4.69) is 37.9 Å². The zero-order valence-electron chi connectivity index (χ0n) is 14.6. The van der Waals surface area contributed by atoms with E-state index in [0.29, 0.717) is 12.0 Å². The Kier molecular flexibility index (Phi) is 10.3. The van der Waals surface area contributed by atoms with Gasteiger partial charge in [0.15, 0.2) is 0 Å². The molecule has 1 atom stereocenters. The first kappa shape index (κ1) is 18.9. The summed E-state index contributed by atoms with van der Waals surface area (Å²) in [6.45, 7) is 16.7. The third kappa shape index (κ3) is 10.2. The van der Waals surface area contributed by atoms with Crippen LogP contribution in [-0.2, 0) is 9.47 Å². The average molecular weight is 300 g/mol. The predicted octanol–water partition coefficient (Wildman–Crippen LogP) is 2.39. The second-order valence-corrected chi connectivity index (χ2v) is 6.99. The van der Waals surface area contributed by atoms with Crippen molar-refractivity contribution < 1.29 is 9.47 Å². The Morgan fingerprint density at radius 1 is 1.19 bits per heavy atom. The lowest BCUT2D eigenvalue weighted by atomic mass is 10.1. The van der Waals surface area contributed by atoms with Gasteiger partial charge in [0.25, 0.3) is 0 Å². The van der Waals surface area contributed by atoms with Crippen LogP contribution >= 0.6 is 0 Å². The predicted molar refractivity (Wildman–Crippen MR) is 88.8 cm³/mol. The van der Waals surface area contributed by atoms with Gasteiger partial charge < -0.3 is 14.8 Å².